The molecular formula is C27H20F6IP. The predicted octanol–water partition coefficient (Wildman–Crippen LogP) is 4.22. The van der Waals surface area contributed by atoms with Crippen LogP contribution in [0.5, 0.6) is 0 Å². The fraction of sp³-hybridized carbons (Fsp3) is 0.111. The van der Waals surface area contributed by atoms with E-state index in [4.69, 9.17) is 0 Å². The van der Waals surface area contributed by atoms with Gasteiger partial charge in [-0.2, -0.15) is 26.3 Å². The van der Waals surface area contributed by atoms with Crippen LogP contribution in [0.3, 0.4) is 0 Å². The Morgan fingerprint density at radius 1 is 0.486 bits per heavy atom. The van der Waals surface area contributed by atoms with E-state index in [-0.39, 0.29) is 41.8 Å². The third kappa shape index (κ3) is 5.89. The zero-order valence-electron chi connectivity index (χ0n) is 18.2. The van der Waals surface area contributed by atoms with Crippen LogP contribution in [-0.2, 0) is 18.5 Å². The summed E-state index contributed by atoms with van der Waals surface area (Å²) in [6.07, 6.45) is -9.79. The van der Waals surface area contributed by atoms with Crippen LogP contribution in [0.1, 0.15) is 16.7 Å². The number of rotatable bonds is 5. The summed E-state index contributed by atoms with van der Waals surface area (Å²) in [7, 11) is -2.65. The van der Waals surface area contributed by atoms with Gasteiger partial charge in [-0.3, -0.25) is 0 Å². The first-order valence-electron chi connectivity index (χ1n) is 10.4. The van der Waals surface area contributed by atoms with Gasteiger partial charge >= 0.3 is 12.4 Å². The number of hydrogen-bond acceptors (Lipinski definition) is 0. The first-order valence-corrected chi connectivity index (χ1v) is 12.4. The largest absolute Gasteiger partial charge is 1.00 e. The van der Waals surface area contributed by atoms with Crippen molar-refractivity contribution in [2.24, 2.45) is 0 Å². The lowest BCUT2D eigenvalue weighted by atomic mass is 10.1. The molecule has 0 fully saturated rings. The molecule has 0 N–H and O–H groups in total. The molecule has 0 saturated carbocycles. The monoisotopic (exact) mass is 616 g/mol. The molecule has 0 saturated heterocycles. The van der Waals surface area contributed by atoms with E-state index in [1.54, 1.807) is 0 Å². The SMILES string of the molecule is FC(F)(F)c1cc(C[P+](c2ccccc2)(c2ccccc2)c2ccccc2)cc(C(F)(F)F)c1.[I-]. The molecular weight excluding hydrogens is 596 g/mol. The quantitative estimate of drug-likeness (QED) is 0.179. The Kier molecular flexibility index (Phi) is 8.32. The van der Waals surface area contributed by atoms with E-state index < -0.39 is 30.7 Å². The van der Waals surface area contributed by atoms with Crippen molar-refractivity contribution in [2.75, 3.05) is 0 Å². The van der Waals surface area contributed by atoms with Crippen molar-refractivity contribution >= 4 is 23.2 Å². The fourth-order valence-electron chi connectivity index (χ4n) is 4.15. The average molecular weight is 616 g/mol. The van der Waals surface area contributed by atoms with Gasteiger partial charge in [0.2, 0.25) is 0 Å². The van der Waals surface area contributed by atoms with E-state index in [9.17, 15) is 26.3 Å². The lowest BCUT2D eigenvalue weighted by Gasteiger charge is -2.28. The fourth-order valence-corrected chi connectivity index (χ4v) is 8.37. The van der Waals surface area contributed by atoms with Crippen molar-refractivity contribution in [3.05, 3.63) is 126 Å². The van der Waals surface area contributed by atoms with Gasteiger partial charge in [0.1, 0.15) is 23.2 Å². The lowest BCUT2D eigenvalue weighted by Crippen LogP contribution is -3.00. The van der Waals surface area contributed by atoms with Gasteiger partial charge in [-0.1, -0.05) is 54.6 Å². The van der Waals surface area contributed by atoms with Gasteiger partial charge in [-0.15, -0.1) is 0 Å². The molecule has 4 aromatic carbocycles. The summed E-state index contributed by atoms with van der Waals surface area (Å²) >= 11 is 0. The molecule has 35 heavy (non-hydrogen) atoms. The van der Waals surface area contributed by atoms with Crippen molar-refractivity contribution in [3.8, 4) is 0 Å². The highest BCUT2D eigenvalue weighted by Gasteiger charge is 2.46. The molecule has 4 rings (SSSR count). The second-order valence-electron chi connectivity index (χ2n) is 7.89. The zero-order chi connectivity index (χ0) is 24.4. The van der Waals surface area contributed by atoms with Crippen molar-refractivity contribution in [1.29, 1.82) is 0 Å². The summed E-state index contributed by atoms with van der Waals surface area (Å²) in [4.78, 5) is 0. The first kappa shape index (κ1) is 27.2. The Balaban J connectivity index is 0.00000342. The number of benzene rings is 4. The predicted molar refractivity (Wildman–Crippen MR) is 125 cm³/mol. The molecule has 0 amide bonds. The zero-order valence-corrected chi connectivity index (χ0v) is 21.2. The number of hydrogen-bond donors (Lipinski definition) is 0. The molecule has 0 heterocycles. The highest BCUT2D eigenvalue weighted by molar-refractivity contribution is 7.95. The average Bonchev–Trinajstić information content (AvgIpc) is 2.83. The second-order valence-corrected chi connectivity index (χ2v) is 11.4. The van der Waals surface area contributed by atoms with Crippen molar-refractivity contribution in [3.63, 3.8) is 0 Å². The van der Waals surface area contributed by atoms with Gasteiger partial charge in [0.15, 0.2) is 0 Å². The van der Waals surface area contributed by atoms with Crippen LogP contribution >= 0.6 is 7.26 Å². The molecule has 182 valence electrons. The third-order valence-electron chi connectivity index (χ3n) is 5.66. The Morgan fingerprint density at radius 2 is 0.800 bits per heavy atom. The van der Waals surface area contributed by atoms with Crippen LogP contribution in [0.2, 0.25) is 0 Å². The second kappa shape index (κ2) is 10.7. The Labute approximate surface area is 217 Å². The minimum absolute atomic E-state index is 0. The molecule has 0 spiro atoms. The molecule has 4 aromatic rings. The number of alkyl halides is 6. The van der Waals surface area contributed by atoms with Crippen LogP contribution in [0.15, 0.2) is 109 Å². The maximum Gasteiger partial charge on any atom is 0.416 e. The van der Waals surface area contributed by atoms with Gasteiger partial charge in [0, 0.05) is 0 Å². The van der Waals surface area contributed by atoms with E-state index in [1.165, 1.54) is 0 Å². The van der Waals surface area contributed by atoms with Crippen LogP contribution in [0.25, 0.3) is 0 Å². The van der Waals surface area contributed by atoms with Crippen molar-refractivity contribution in [2.45, 2.75) is 18.5 Å². The summed E-state index contributed by atoms with van der Waals surface area (Å²) in [6.45, 7) is 0. The van der Waals surface area contributed by atoms with Crippen LogP contribution in [-0.4, -0.2) is 0 Å². The normalized spacial score (nSPS) is 12.2. The summed E-state index contributed by atoms with van der Waals surface area (Å²) < 4.78 is 81.5. The molecule has 0 atom stereocenters. The molecule has 8 heteroatoms. The van der Waals surface area contributed by atoms with Crippen LogP contribution in [0, 0.1) is 0 Å². The summed E-state index contributed by atoms with van der Waals surface area (Å²) in [5.41, 5.74) is -2.61. The Bertz CT molecular complexity index is 1110. The highest BCUT2D eigenvalue weighted by atomic mass is 127. The molecule has 0 aliphatic rings. The van der Waals surface area contributed by atoms with Crippen molar-refractivity contribution in [1.82, 2.24) is 0 Å². The minimum Gasteiger partial charge on any atom is -1.00 e. The van der Waals surface area contributed by atoms with E-state index >= 15 is 0 Å². The number of halogens is 7. The van der Waals surface area contributed by atoms with E-state index in [2.05, 4.69) is 0 Å². The molecule has 0 bridgehead atoms. The molecule has 0 aromatic heterocycles. The summed E-state index contributed by atoms with van der Waals surface area (Å²) in [5.74, 6) is 0. The molecule has 0 nitrogen and oxygen atoms in total. The highest BCUT2D eigenvalue weighted by Crippen LogP contribution is 2.58. The van der Waals surface area contributed by atoms with E-state index in [0.717, 1.165) is 28.0 Å². The molecule has 0 unspecified atom stereocenters. The molecule has 0 aliphatic carbocycles. The third-order valence-corrected chi connectivity index (χ3v) is 10.0. The van der Waals surface area contributed by atoms with E-state index in [0.29, 0.717) is 0 Å². The Morgan fingerprint density at radius 3 is 1.09 bits per heavy atom. The summed E-state index contributed by atoms with van der Waals surface area (Å²) in [5, 5.41) is 2.62. The standard InChI is InChI=1S/C27H20F6P.HI/c28-26(29,30)21-16-20(17-22(18-21)27(31,32)33)19-34(23-10-4-1-5-11-23,24-12-6-2-7-13-24)25-14-8-3-9-15-25;/h1-18H,19H2;1H/q+1;/p-1. The van der Waals surface area contributed by atoms with Gasteiger partial charge in [-0.05, 0) is 60.2 Å². The van der Waals surface area contributed by atoms with Crippen LogP contribution in [0.4, 0.5) is 26.3 Å². The smallest absolute Gasteiger partial charge is 0.416 e. The van der Waals surface area contributed by atoms with Gasteiger partial charge in [0.25, 0.3) is 0 Å². The maximum absolute atomic E-state index is 13.6. The first-order chi connectivity index (χ1) is 16.1. The van der Waals surface area contributed by atoms with Crippen molar-refractivity contribution < 1.29 is 50.3 Å². The maximum atomic E-state index is 13.6. The lowest BCUT2D eigenvalue weighted by molar-refractivity contribution is -0.143. The molecule has 0 radical (unpaired) electrons. The van der Waals surface area contributed by atoms with E-state index in [1.807, 2.05) is 91.0 Å². The van der Waals surface area contributed by atoms with Gasteiger partial charge < -0.3 is 24.0 Å². The minimum atomic E-state index is -4.90. The summed E-state index contributed by atoms with van der Waals surface area (Å²) in [6, 6.07) is 29.8. The molecule has 0 aliphatic heterocycles. The Hall–Kier alpha value is -2.38. The van der Waals surface area contributed by atoms with Gasteiger partial charge in [0.05, 0.1) is 17.3 Å². The topological polar surface area (TPSA) is 0 Å². The van der Waals surface area contributed by atoms with Gasteiger partial charge in [-0.25, -0.2) is 0 Å². The van der Waals surface area contributed by atoms with Crippen LogP contribution < -0.4 is 39.9 Å².